The van der Waals surface area contributed by atoms with Crippen LogP contribution < -0.4 is 5.32 Å². The van der Waals surface area contributed by atoms with Crippen LogP contribution in [0.1, 0.15) is 54.4 Å². The Morgan fingerprint density at radius 3 is 2.56 bits per heavy atom. The molecular formula is C15H20FNO. The van der Waals surface area contributed by atoms with Crippen molar-refractivity contribution in [3.63, 3.8) is 0 Å². The second-order valence-electron chi connectivity index (χ2n) is 5.15. The highest BCUT2D eigenvalue weighted by molar-refractivity contribution is 5.94. The summed E-state index contributed by atoms with van der Waals surface area (Å²) < 4.78 is 13.6. The van der Waals surface area contributed by atoms with Gasteiger partial charge in [-0.2, -0.15) is 0 Å². The summed E-state index contributed by atoms with van der Waals surface area (Å²) in [4.78, 5) is 12.0. The predicted molar refractivity (Wildman–Crippen MR) is 70.1 cm³/mol. The van der Waals surface area contributed by atoms with Gasteiger partial charge in [-0.3, -0.25) is 4.79 Å². The molecule has 1 aliphatic rings. The predicted octanol–water partition coefficient (Wildman–Crippen LogP) is 3.59. The quantitative estimate of drug-likeness (QED) is 0.797. The summed E-state index contributed by atoms with van der Waals surface area (Å²) in [7, 11) is 0. The smallest absolute Gasteiger partial charge is 0.254 e. The van der Waals surface area contributed by atoms with E-state index in [2.05, 4.69) is 5.32 Å². The standard InChI is InChI=1S/C15H20FNO/c1-11-8-9-14(16)13(10-11)15(18)17-12-6-4-2-3-5-7-12/h8-10,12H,2-7H2,1H3,(H,17,18). The van der Waals surface area contributed by atoms with Crippen molar-refractivity contribution in [1.29, 1.82) is 0 Å². The zero-order valence-corrected chi connectivity index (χ0v) is 10.8. The minimum atomic E-state index is -0.438. The largest absolute Gasteiger partial charge is 0.349 e. The minimum absolute atomic E-state index is 0.166. The molecule has 1 saturated carbocycles. The second kappa shape index (κ2) is 5.98. The molecule has 3 heteroatoms. The van der Waals surface area contributed by atoms with Crippen LogP contribution in [-0.4, -0.2) is 11.9 Å². The molecule has 18 heavy (non-hydrogen) atoms. The van der Waals surface area contributed by atoms with Crippen molar-refractivity contribution in [2.24, 2.45) is 0 Å². The van der Waals surface area contributed by atoms with Crippen molar-refractivity contribution < 1.29 is 9.18 Å². The molecule has 0 atom stereocenters. The number of hydrogen-bond acceptors (Lipinski definition) is 1. The van der Waals surface area contributed by atoms with E-state index in [1.165, 1.54) is 18.9 Å². The Labute approximate surface area is 108 Å². The maximum atomic E-state index is 13.6. The molecule has 1 aromatic carbocycles. The molecular weight excluding hydrogens is 229 g/mol. The van der Waals surface area contributed by atoms with Gasteiger partial charge in [-0.05, 0) is 31.9 Å². The van der Waals surface area contributed by atoms with Gasteiger partial charge in [0.15, 0.2) is 0 Å². The second-order valence-corrected chi connectivity index (χ2v) is 5.15. The summed E-state index contributed by atoms with van der Waals surface area (Å²) >= 11 is 0. The highest BCUT2D eigenvalue weighted by Crippen LogP contribution is 2.18. The Morgan fingerprint density at radius 2 is 1.89 bits per heavy atom. The average molecular weight is 249 g/mol. The molecule has 0 aliphatic heterocycles. The highest BCUT2D eigenvalue weighted by atomic mass is 19.1. The van der Waals surface area contributed by atoms with Gasteiger partial charge in [0, 0.05) is 6.04 Å². The number of nitrogens with one attached hydrogen (secondary N) is 1. The summed E-state index contributed by atoms with van der Waals surface area (Å²) in [6, 6.07) is 4.86. The topological polar surface area (TPSA) is 29.1 Å². The van der Waals surface area contributed by atoms with Crippen molar-refractivity contribution >= 4 is 5.91 Å². The summed E-state index contributed by atoms with van der Waals surface area (Å²) in [6.07, 6.45) is 6.82. The van der Waals surface area contributed by atoms with E-state index in [1.807, 2.05) is 6.92 Å². The number of carbonyl (C=O) groups is 1. The van der Waals surface area contributed by atoms with E-state index in [-0.39, 0.29) is 17.5 Å². The van der Waals surface area contributed by atoms with Crippen molar-refractivity contribution in [3.8, 4) is 0 Å². The summed E-state index contributed by atoms with van der Waals surface area (Å²) in [5, 5.41) is 2.96. The Bertz CT molecular complexity index is 423. The molecule has 1 N–H and O–H groups in total. The number of rotatable bonds is 2. The van der Waals surface area contributed by atoms with E-state index in [0.29, 0.717) is 0 Å². The first kappa shape index (κ1) is 13.1. The Balaban J connectivity index is 2.04. The number of amides is 1. The van der Waals surface area contributed by atoms with E-state index in [9.17, 15) is 9.18 Å². The number of halogens is 1. The van der Waals surface area contributed by atoms with Gasteiger partial charge in [0.1, 0.15) is 5.82 Å². The van der Waals surface area contributed by atoms with Crippen LogP contribution in [-0.2, 0) is 0 Å². The number of aryl methyl sites for hydroxylation is 1. The van der Waals surface area contributed by atoms with E-state index >= 15 is 0 Å². The van der Waals surface area contributed by atoms with Crippen LogP contribution in [0.25, 0.3) is 0 Å². The summed E-state index contributed by atoms with van der Waals surface area (Å²) in [5.74, 6) is -0.713. The monoisotopic (exact) mass is 249 g/mol. The normalized spacial score (nSPS) is 17.2. The lowest BCUT2D eigenvalue weighted by Gasteiger charge is -2.16. The third-order valence-electron chi connectivity index (χ3n) is 3.56. The van der Waals surface area contributed by atoms with Crippen LogP contribution in [0.4, 0.5) is 4.39 Å². The van der Waals surface area contributed by atoms with E-state index < -0.39 is 5.82 Å². The average Bonchev–Trinajstić information content (AvgIpc) is 2.61. The van der Waals surface area contributed by atoms with Crippen LogP contribution in [0.15, 0.2) is 18.2 Å². The van der Waals surface area contributed by atoms with Gasteiger partial charge in [-0.1, -0.05) is 37.3 Å². The minimum Gasteiger partial charge on any atom is -0.349 e. The zero-order chi connectivity index (χ0) is 13.0. The van der Waals surface area contributed by atoms with Crippen LogP contribution in [0.2, 0.25) is 0 Å². The van der Waals surface area contributed by atoms with Gasteiger partial charge in [0.2, 0.25) is 0 Å². The number of carbonyl (C=O) groups excluding carboxylic acids is 1. The van der Waals surface area contributed by atoms with Gasteiger partial charge in [0.05, 0.1) is 5.56 Å². The van der Waals surface area contributed by atoms with Crippen LogP contribution in [0.3, 0.4) is 0 Å². The van der Waals surface area contributed by atoms with Crippen molar-refractivity contribution in [2.75, 3.05) is 0 Å². The molecule has 0 bridgehead atoms. The van der Waals surface area contributed by atoms with Crippen molar-refractivity contribution in [1.82, 2.24) is 5.32 Å². The molecule has 0 spiro atoms. The van der Waals surface area contributed by atoms with E-state index in [4.69, 9.17) is 0 Å². The fraction of sp³-hybridized carbons (Fsp3) is 0.533. The molecule has 0 aromatic heterocycles. The third kappa shape index (κ3) is 3.31. The van der Waals surface area contributed by atoms with Gasteiger partial charge in [-0.25, -0.2) is 4.39 Å². The number of benzene rings is 1. The molecule has 0 unspecified atom stereocenters. The Morgan fingerprint density at radius 1 is 1.22 bits per heavy atom. The summed E-state index contributed by atoms with van der Waals surface area (Å²) in [6.45, 7) is 1.86. The van der Waals surface area contributed by atoms with Crippen LogP contribution >= 0.6 is 0 Å². The number of hydrogen-bond donors (Lipinski definition) is 1. The fourth-order valence-electron chi connectivity index (χ4n) is 2.50. The zero-order valence-electron chi connectivity index (χ0n) is 10.8. The van der Waals surface area contributed by atoms with E-state index in [1.54, 1.807) is 12.1 Å². The van der Waals surface area contributed by atoms with Gasteiger partial charge < -0.3 is 5.32 Å². The first-order chi connectivity index (χ1) is 8.66. The molecule has 98 valence electrons. The lowest BCUT2D eigenvalue weighted by molar-refractivity contribution is 0.0929. The lowest BCUT2D eigenvalue weighted by atomic mass is 10.1. The Hall–Kier alpha value is -1.38. The molecule has 1 aromatic rings. The van der Waals surface area contributed by atoms with Gasteiger partial charge in [-0.15, -0.1) is 0 Å². The maximum absolute atomic E-state index is 13.6. The Kier molecular flexibility index (Phi) is 4.34. The van der Waals surface area contributed by atoms with Gasteiger partial charge in [0.25, 0.3) is 5.91 Å². The first-order valence-electron chi connectivity index (χ1n) is 6.74. The van der Waals surface area contributed by atoms with Crippen molar-refractivity contribution in [3.05, 3.63) is 35.1 Å². The maximum Gasteiger partial charge on any atom is 0.254 e. The molecule has 1 fully saturated rings. The molecule has 0 saturated heterocycles. The molecule has 0 radical (unpaired) electrons. The van der Waals surface area contributed by atoms with Gasteiger partial charge >= 0.3 is 0 Å². The van der Waals surface area contributed by atoms with Crippen LogP contribution in [0.5, 0.6) is 0 Å². The first-order valence-corrected chi connectivity index (χ1v) is 6.74. The molecule has 1 aliphatic carbocycles. The molecule has 2 rings (SSSR count). The SMILES string of the molecule is Cc1ccc(F)c(C(=O)NC2CCCCCC2)c1. The van der Waals surface area contributed by atoms with Crippen LogP contribution in [0, 0.1) is 12.7 Å². The highest BCUT2D eigenvalue weighted by Gasteiger charge is 2.18. The lowest BCUT2D eigenvalue weighted by Crippen LogP contribution is -2.34. The molecule has 0 heterocycles. The molecule has 2 nitrogen and oxygen atoms in total. The van der Waals surface area contributed by atoms with Crippen molar-refractivity contribution in [2.45, 2.75) is 51.5 Å². The summed E-state index contributed by atoms with van der Waals surface area (Å²) in [5.41, 5.74) is 1.07. The molecule has 1 amide bonds. The third-order valence-corrected chi connectivity index (χ3v) is 3.56. The van der Waals surface area contributed by atoms with E-state index in [0.717, 1.165) is 31.2 Å². The fourth-order valence-corrected chi connectivity index (χ4v) is 2.50.